The molecule has 1 aromatic carbocycles. The molecule has 0 saturated carbocycles. The number of ether oxygens (including phenoxy) is 1. The zero-order chi connectivity index (χ0) is 14.1. The van der Waals surface area contributed by atoms with E-state index in [9.17, 15) is 9.90 Å². The molecule has 1 rings (SSSR count). The Balaban J connectivity index is 2.52. The van der Waals surface area contributed by atoms with E-state index in [4.69, 9.17) is 4.74 Å². The van der Waals surface area contributed by atoms with Gasteiger partial charge in [-0.05, 0) is 24.6 Å². The predicted octanol–water partition coefficient (Wildman–Crippen LogP) is 3.34. The van der Waals surface area contributed by atoms with Crippen LogP contribution in [-0.4, -0.2) is 23.3 Å². The zero-order valence-electron chi connectivity index (χ0n) is 11.4. The van der Waals surface area contributed by atoms with Crippen LogP contribution in [0.4, 0.5) is 0 Å². The minimum absolute atomic E-state index is 0.431. The second kappa shape index (κ2) is 8.48. The third-order valence-corrected chi connectivity index (χ3v) is 2.97. The molecule has 3 heteroatoms. The number of esters is 1. The van der Waals surface area contributed by atoms with Crippen molar-refractivity contribution in [3.8, 4) is 0 Å². The number of aliphatic hydroxyl groups is 1. The maximum atomic E-state index is 11.9. The van der Waals surface area contributed by atoms with E-state index in [0.717, 1.165) is 19.3 Å². The van der Waals surface area contributed by atoms with Gasteiger partial charge in [0.15, 0.2) is 0 Å². The second-order valence-electron chi connectivity index (χ2n) is 4.53. The SMILES string of the molecule is C=C[C@@H](OC(=O)c1ccccc1)[C@@H](O)CCCCC. The molecule has 0 aliphatic rings. The second-order valence-corrected chi connectivity index (χ2v) is 4.53. The van der Waals surface area contributed by atoms with Crippen LogP contribution in [0.2, 0.25) is 0 Å². The molecule has 0 aliphatic heterocycles. The molecule has 0 amide bonds. The molecule has 2 atom stereocenters. The van der Waals surface area contributed by atoms with Crippen molar-refractivity contribution in [1.82, 2.24) is 0 Å². The van der Waals surface area contributed by atoms with Gasteiger partial charge in [0.2, 0.25) is 0 Å². The highest BCUT2D eigenvalue weighted by molar-refractivity contribution is 5.89. The van der Waals surface area contributed by atoms with E-state index in [1.807, 2.05) is 6.07 Å². The third kappa shape index (κ3) is 5.26. The molecule has 0 radical (unpaired) electrons. The lowest BCUT2D eigenvalue weighted by Crippen LogP contribution is -2.29. The van der Waals surface area contributed by atoms with Crippen LogP contribution in [0.15, 0.2) is 43.0 Å². The minimum atomic E-state index is -0.684. The standard InChI is InChI=1S/C16H22O3/c1-3-5-7-12-14(17)15(4-2)19-16(18)13-10-8-6-9-11-13/h4,6,8-11,14-15,17H,2-3,5,7,12H2,1H3/t14-,15+/m0/s1. The van der Waals surface area contributed by atoms with Gasteiger partial charge in [0.05, 0.1) is 11.7 Å². The molecule has 104 valence electrons. The van der Waals surface area contributed by atoms with E-state index >= 15 is 0 Å². The van der Waals surface area contributed by atoms with Crippen molar-refractivity contribution in [3.63, 3.8) is 0 Å². The fourth-order valence-electron chi connectivity index (χ4n) is 1.82. The molecule has 0 aromatic heterocycles. The van der Waals surface area contributed by atoms with Gasteiger partial charge in [-0.15, -0.1) is 0 Å². The summed E-state index contributed by atoms with van der Waals surface area (Å²) in [4.78, 5) is 11.9. The predicted molar refractivity (Wildman–Crippen MR) is 76.0 cm³/mol. The average molecular weight is 262 g/mol. The van der Waals surface area contributed by atoms with Crippen LogP contribution in [0.1, 0.15) is 43.0 Å². The van der Waals surface area contributed by atoms with E-state index < -0.39 is 18.2 Å². The number of hydrogen-bond acceptors (Lipinski definition) is 3. The van der Waals surface area contributed by atoms with Crippen molar-refractivity contribution in [2.45, 2.75) is 44.8 Å². The Morgan fingerprint density at radius 3 is 2.63 bits per heavy atom. The molecule has 0 aliphatic carbocycles. The maximum Gasteiger partial charge on any atom is 0.338 e. The van der Waals surface area contributed by atoms with E-state index in [0.29, 0.717) is 12.0 Å². The van der Waals surface area contributed by atoms with E-state index in [1.165, 1.54) is 6.08 Å². The molecular weight excluding hydrogens is 240 g/mol. The first-order valence-corrected chi connectivity index (χ1v) is 6.75. The lowest BCUT2D eigenvalue weighted by atomic mass is 10.1. The molecule has 0 unspecified atom stereocenters. The molecule has 0 heterocycles. The zero-order valence-corrected chi connectivity index (χ0v) is 11.4. The Labute approximate surface area is 114 Å². The van der Waals surface area contributed by atoms with Crippen LogP contribution in [0.3, 0.4) is 0 Å². The molecule has 19 heavy (non-hydrogen) atoms. The molecular formula is C16H22O3. The first-order chi connectivity index (χ1) is 9.19. The van der Waals surface area contributed by atoms with Crippen LogP contribution in [0, 0.1) is 0 Å². The molecule has 0 spiro atoms. The fourth-order valence-corrected chi connectivity index (χ4v) is 1.82. The highest BCUT2D eigenvalue weighted by Crippen LogP contribution is 2.12. The quantitative estimate of drug-likeness (QED) is 0.444. The number of aliphatic hydroxyl groups excluding tert-OH is 1. The number of carbonyl (C=O) groups excluding carboxylic acids is 1. The van der Waals surface area contributed by atoms with Crippen molar-refractivity contribution in [1.29, 1.82) is 0 Å². The summed E-state index contributed by atoms with van der Waals surface area (Å²) >= 11 is 0. The maximum absolute atomic E-state index is 11.9. The first-order valence-electron chi connectivity index (χ1n) is 6.75. The van der Waals surface area contributed by atoms with Crippen LogP contribution in [0.5, 0.6) is 0 Å². The summed E-state index contributed by atoms with van der Waals surface area (Å²) in [5, 5.41) is 9.98. The fraction of sp³-hybridized carbons (Fsp3) is 0.438. The number of carbonyl (C=O) groups is 1. The van der Waals surface area contributed by atoms with Gasteiger partial charge < -0.3 is 9.84 Å². The van der Waals surface area contributed by atoms with E-state index in [-0.39, 0.29) is 0 Å². The normalized spacial score (nSPS) is 13.6. The van der Waals surface area contributed by atoms with Crippen molar-refractivity contribution >= 4 is 5.97 Å². The Morgan fingerprint density at radius 2 is 2.05 bits per heavy atom. The summed E-state index contributed by atoms with van der Waals surface area (Å²) in [6, 6.07) is 8.76. The monoisotopic (exact) mass is 262 g/mol. The van der Waals surface area contributed by atoms with Crippen molar-refractivity contribution in [2.75, 3.05) is 0 Å². The van der Waals surface area contributed by atoms with Crippen LogP contribution in [0.25, 0.3) is 0 Å². The van der Waals surface area contributed by atoms with Gasteiger partial charge in [-0.3, -0.25) is 0 Å². The molecule has 0 bridgehead atoms. The smallest absolute Gasteiger partial charge is 0.338 e. The summed E-state index contributed by atoms with van der Waals surface area (Å²) < 4.78 is 5.27. The van der Waals surface area contributed by atoms with Crippen molar-refractivity contribution in [3.05, 3.63) is 48.6 Å². The first kappa shape index (κ1) is 15.4. The van der Waals surface area contributed by atoms with Gasteiger partial charge in [0, 0.05) is 0 Å². The number of rotatable bonds is 8. The molecule has 0 saturated heterocycles. The summed E-state index contributed by atoms with van der Waals surface area (Å²) in [6.45, 7) is 5.72. The molecule has 1 aromatic rings. The number of unbranched alkanes of at least 4 members (excludes halogenated alkanes) is 2. The Kier molecular flexibility index (Phi) is 6.90. The topological polar surface area (TPSA) is 46.5 Å². The molecule has 3 nitrogen and oxygen atoms in total. The number of benzene rings is 1. The average Bonchev–Trinajstić information content (AvgIpc) is 2.45. The summed E-state index contributed by atoms with van der Waals surface area (Å²) in [5.74, 6) is -0.431. The highest BCUT2D eigenvalue weighted by atomic mass is 16.6. The minimum Gasteiger partial charge on any atom is -0.452 e. The largest absolute Gasteiger partial charge is 0.452 e. The van der Waals surface area contributed by atoms with Gasteiger partial charge in [-0.1, -0.05) is 51.0 Å². The third-order valence-electron chi connectivity index (χ3n) is 2.97. The Morgan fingerprint density at radius 1 is 1.37 bits per heavy atom. The van der Waals surface area contributed by atoms with Crippen molar-refractivity contribution < 1.29 is 14.6 Å². The number of hydrogen-bond donors (Lipinski definition) is 1. The van der Waals surface area contributed by atoms with Crippen LogP contribution >= 0.6 is 0 Å². The molecule has 1 N–H and O–H groups in total. The van der Waals surface area contributed by atoms with Crippen LogP contribution < -0.4 is 0 Å². The van der Waals surface area contributed by atoms with Gasteiger partial charge in [-0.2, -0.15) is 0 Å². The highest BCUT2D eigenvalue weighted by Gasteiger charge is 2.20. The lowest BCUT2D eigenvalue weighted by molar-refractivity contribution is -0.00281. The van der Waals surface area contributed by atoms with Crippen molar-refractivity contribution in [2.24, 2.45) is 0 Å². The molecule has 0 fully saturated rings. The Hall–Kier alpha value is -1.61. The van der Waals surface area contributed by atoms with Gasteiger partial charge in [-0.25, -0.2) is 4.79 Å². The van der Waals surface area contributed by atoms with Gasteiger partial charge in [0.25, 0.3) is 0 Å². The Bertz CT molecular complexity index is 386. The van der Waals surface area contributed by atoms with Crippen LogP contribution in [-0.2, 0) is 4.74 Å². The van der Waals surface area contributed by atoms with Gasteiger partial charge in [0.1, 0.15) is 6.10 Å². The summed E-state index contributed by atoms with van der Waals surface area (Å²) in [6.07, 6.45) is 3.85. The van der Waals surface area contributed by atoms with E-state index in [1.54, 1.807) is 24.3 Å². The lowest BCUT2D eigenvalue weighted by Gasteiger charge is -2.20. The summed E-state index contributed by atoms with van der Waals surface area (Å²) in [5.41, 5.74) is 0.482. The summed E-state index contributed by atoms with van der Waals surface area (Å²) in [7, 11) is 0. The van der Waals surface area contributed by atoms with Gasteiger partial charge >= 0.3 is 5.97 Å². The van der Waals surface area contributed by atoms with E-state index in [2.05, 4.69) is 13.5 Å².